The van der Waals surface area contributed by atoms with Gasteiger partial charge in [0.05, 0.1) is 0 Å². The molecule has 0 aliphatic rings. The van der Waals surface area contributed by atoms with Crippen LogP contribution >= 0.6 is 0 Å². The van der Waals surface area contributed by atoms with Crippen molar-refractivity contribution < 1.29 is 4.42 Å². The smallest absolute Gasteiger partial charge is 0.164 e. The first-order valence-electron chi connectivity index (χ1n) is 17.1. The van der Waals surface area contributed by atoms with Crippen LogP contribution in [-0.2, 0) is 0 Å². The van der Waals surface area contributed by atoms with Crippen LogP contribution in [-0.4, -0.2) is 15.0 Å². The van der Waals surface area contributed by atoms with Crippen LogP contribution in [0.3, 0.4) is 0 Å². The molecule has 238 valence electrons. The Labute approximate surface area is 294 Å². The number of aromatic nitrogens is 3. The molecule has 0 amide bonds. The fourth-order valence-corrected chi connectivity index (χ4v) is 7.31. The normalized spacial score (nSPS) is 11.5. The lowest BCUT2D eigenvalue weighted by Gasteiger charge is -2.12. The molecule has 0 atom stereocenters. The van der Waals surface area contributed by atoms with Crippen molar-refractivity contribution in [1.29, 1.82) is 0 Å². The molecule has 0 aliphatic heterocycles. The van der Waals surface area contributed by atoms with Gasteiger partial charge >= 0.3 is 0 Å². The van der Waals surface area contributed by atoms with Gasteiger partial charge in [0.2, 0.25) is 0 Å². The summed E-state index contributed by atoms with van der Waals surface area (Å²) in [7, 11) is 0. The van der Waals surface area contributed by atoms with E-state index in [2.05, 4.69) is 133 Å². The topological polar surface area (TPSA) is 51.8 Å². The zero-order chi connectivity index (χ0) is 33.7. The van der Waals surface area contributed by atoms with Crippen LogP contribution in [0.15, 0.2) is 180 Å². The maximum absolute atomic E-state index is 6.63. The van der Waals surface area contributed by atoms with Gasteiger partial charge in [0.1, 0.15) is 11.2 Å². The molecule has 0 unspecified atom stereocenters. The number of fused-ring (bicyclic) bond motifs is 6. The van der Waals surface area contributed by atoms with E-state index in [1.807, 2.05) is 42.5 Å². The lowest BCUT2D eigenvalue weighted by atomic mass is 9.95. The zero-order valence-electron chi connectivity index (χ0n) is 27.5. The molecule has 0 bridgehead atoms. The van der Waals surface area contributed by atoms with Gasteiger partial charge < -0.3 is 4.42 Å². The Morgan fingerprint density at radius 1 is 0.333 bits per heavy atom. The quantitative estimate of drug-likeness (QED) is 0.186. The van der Waals surface area contributed by atoms with Crippen LogP contribution in [0.1, 0.15) is 0 Å². The number of rotatable bonds is 5. The molecular weight excluding hydrogens is 623 g/mol. The summed E-state index contributed by atoms with van der Waals surface area (Å²) in [6.07, 6.45) is 0. The van der Waals surface area contributed by atoms with E-state index < -0.39 is 0 Å². The summed E-state index contributed by atoms with van der Waals surface area (Å²) in [6.45, 7) is 0. The van der Waals surface area contributed by atoms with E-state index in [1.54, 1.807) is 0 Å². The fourth-order valence-electron chi connectivity index (χ4n) is 7.31. The van der Waals surface area contributed by atoms with Crippen molar-refractivity contribution in [3.05, 3.63) is 176 Å². The number of furan rings is 1. The molecule has 0 radical (unpaired) electrons. The summed E-state index contributed by atoms with van der Waals surface area (Å²) in [6, 6.07) is 60.9. The van der Waals surface area contributed by atoms with Crippen molar-refractivity contribution in [1.82, 2.24) is 15.0 Å². The highest BCUT2D eigenvalue weighted by atomic mass is 16.3. The Bertz CT molecular complexity index is 2890. The summed E-state index contributed by atoms with van der Waals surface area (Å²) in [5.41, 5.74) is 9.09. The molecule has 2 aromatic heterocycles. The van der Waals surface area contributed by atoms with Crippen LogP contribution in [0.2, 0.25) is 0 Å². The summed E-state index contributed by atoms with van der Waals surface area (Å²) in [5, 5.41) is 6.59. The Hall–Kier alpha value is -6.91. The number of hydrogen-bond acceptors (Lipinski definition) is 4. The minimum absolute atomic E-state index is 0.613. The first-order chi connectivity index (χ1) is 25.3. The molecule has 0 aliphatic carbocycles. The molecule has 0 fully saturated rings. The third kappa shape index (κ3) is 4.96. The van der Waals surface area contributed by atoms with Gasteiger partial charge in [-0.15, -0.1) is 0 Å². The predicted molar refractivity (Wildman–Crippen MR) is 209 cm³/mol. The first kappa shape index (κ1) is 29.0. The summed E-state index contributed by atoms with van der Waals surface area (Å²) in [4.78, 5) is 15.4. The van der Waals surface area contributed by atoms with Gasteiger partial charge in [-0.05, 0) is 50.5 Å². The minimum Gasteiger partial charge on any atom is -0.455 e. The largest absolute Gasteiger partial charge is 0.455 e. The third-order valence-electron chi connectivity index (χ3n) is 9.74. The van der Waals surface area contributed by atoms with Crippen LogP contribution in [0.25, 0.3) is 99.9 Å². The number of hydrogen-bond donors (Lipinski definition) is 0. The molecule has 0 saturated carbocycles. The Kier molecular flexibility index (Phi) is 6.78. The van der Waals surface area contributed by atoms with Crippen molar-refractivity contribution in [2.24, 2.45) is 0 Å². The number of nitrogens with zero attached hydrogens (tertiary/aromatic N) is 3. The van der Waals surface area contributed by atoms with Gasteiger partial charge in [0.15, 0.2) is 17.5 Å². The summed E-state index contributed by atoms with van der Waals surface area (Å²) >= 11 is 0. The van der Waals surface area contributed by atoms with Gasteiger partial charge in [-0.2, -0.15) is 0 Å². The Morgan fingerprint density at radius 3 is 1.63 bits per heavy atom. The van der Waals surface area contributed by atoms with Gasteiger partial charge in [-0.25, -0.2) is 15.0 Å². The highest BCUT2D eigenvalue weighted by Crippen LogP contribution is 2.43. The highest BCUT2D eigenvalue weighted by Gasteiger charge is 2.20. The molecule has 0 spiro atoms. The van der Waals surface area contributed by atoms with Gasteiger partial charge in [-0.3, -0.25) is 0 Å². The fraction of sp³-hybridized carbons (Fsp3) is 0. The first-order valence-corrected chi connectivity index (χ1v) is 17.1. The molecule has 4 nitrogen and oxygen atoms in total. The molecule has 0 N–H and O–H groups in total. The standard InChI is InChI=1S/C47H29N3O/c1-3-13-31(14-4-1)37-23-12-24-42-43(37)41-29-40(38-20-9-10-21-39(38)44(41)51-42)47-49-45(33-16-5-2-6-17-33)48-46(50-47)34-27-25-32(26-28-34)36-22-11-18-30-15-7-8-19-35(30)36/h1-29H. The average Bonchev–Trinajstić information content (AvgIpc) is 3.60. The minimum atomic E-state index is 0.613. The van der Waals surface area contributed by atoms with E-state index in [0.717, 1.165) is 66.1 Å². The van der Waals surface area contributed by atoms with E-state index in [4.69, 9.17) is 19.4 Å². The van der Waals surface area contributed by atoms with Gasteiger partial charge in [0, 0.05) is 32.8 Å². The van der Waals surface area contributed by atoms with Crippen LogP contribution < -0.4 is 0 Å². The second-order valence-corrected chi connectivity index (χ2v) is 12.8. The van der Waals surface area contributed by atoms with Crippen molar-refractivity contribution >= 4 is 43.5 Å². The SMILES string of the molecule is c1ccc(-c2nc(-c3ccc(-c4cccc5ccccc45)cc3)nc(-c3cc4c(oc5cccc(-c6ccccc6)c54)c4ccccc34)n2)cc1. The lowest BCUT2D eigenvalue weighted by Crippen LogP contribution is -2.00. The van der Waals surface area contributed by atoms with Gasteiger partial charge in [-0.1, -0.05) is 164 Å². The van der Waals surface area contributed by atoms with E-state index in [1.165, 1.54) is 16.3 Å². The average molecular weight is 652 g/mol. The Balaban J connectivity index is 1.19. The second kappa shape index (κ2) is 11.9. The molecule has 2 heterocycles. The Morgan fingerprint density at radius 2 is 0.863 bits per heavy atom. The van der Waals surface area contributed by atoms with Crippen molar-refractivity contribution in [2.45, 2.75) is 0 Å². The maximum atomic E-state index is 6.63. The van der Waals surface area contributed by atoms with E-state index in [0.29, 0.717) is 17.5 Å². The molecule has 51 heavy (non-hydrogen) atoms. The maximum Gasteiger partial charge on any atom is 0.164 e. The summed E-state index contributed by atoms with van der Waals surface area (Å²) in [5.74, 6) is 1.86. The molecular formula is C47H29N3O. The second-order valence-electron chi connectivity index (χ2n) is 12.8. The third-order valence-corrected chi connectivity index (χ3v) is 9.74. The van der Waals surface area contributed by atoms with Crippen LogP contribution in [0.5, 0.6) is 0 Å². The monoisotopic (exact) mass is 651 g/mol. The van der Waals surface area contributed by atoms with Crippen molar-refractivity contribution in [3.8, 4) is 56.4 Å². The molecule has 10 aromatic rings. The van der Waals surface area contributed by atoms with Crippen LogP contribution in [0, 0.1) is 0 Å². The lowest BCUT2D eigenvalue weighted by molar-refractivity contribution is 0.673. The molecule has 8 aromatic carbocycles. The van der Waals surface area contributed by atoms with Gasteiger partial charge in [0.25, 0.3) is 0 Å². The molecule has 0 saturated heterocycles. The molecule has 10 rings (SSSR count). The molecule has 4 heteroatoms. The van der Waals surface area contributed by atoms with Crippen LogP contribution in [0.4, 0.5) is 0 Å². The van der Waals surface area contributed by atoms with Crippen molar-refractivity contribution in [3.63, 3.8) is 0 Å². The predicted octanol–water partition coefficient (Wildman–Crippen LogP) is 12.4. The van der Waals surface area contributed by atoms with E-state index >= 15 is 0 Å². The number of benzene rings is 8. The van der Waals surface area contributed by atoms with Crippen molar-refractivity contribution in [2.75, 3.05) is 0 Å². The summed E-state index contributed by atoms with van der Waals surface area (Å²) < 4.78 is 6.63. The zero-order valence-corrected chi connectivity index (χ0v) is 27.5. The van der Waals surface area contributed by atoms with E-state index in [9.17, 15) is 0 Å². The van der Waals surface area contributed by atoms with E-state index in [-0.39, 0.29) is 0 Å². The highest BCUT2D eigenvalue weighted by molar-refractivity contribution is 6.21.